The number of amides is 1. The largest absolute Gasteiger partial charge is 0.336 e. The number of hydrogen-bond acceptors (Lipinski definition) is 7. The second-order valence-corrected chi connectivity index (χ2v) is 11.9. The Hall–Kier alpha value is -2.36. The maximum absolute atomic E-state index is 12.9. The van der Waals surface area contributed by atoms with Crippen LogP contribution in [0.15, 0.2) is 59.6 Å². The first-order valence-electron chi connectivity index (χ1n) is 10.8. The summed E-state index contributed by atoms with van der Waals surface area (Å²) in [4.78, 5) is 21.7. The lowest BCUT2D eigenvalue weighted by Gasteiger charge is -2.34. The number of aliphatic imine (C=N–C) groups is 1. The second kappa shape index (κ2) is 8.88. The van der Waals surface area contributed by atoms with Gasteiger partial charge in [-0.15, -0.1) is 0 Å². The number of amidine groups is 1. The molecule has 0 bridgehead atoms. The quantitative estimate of drug-likeness (QED) is 0.739. The molecule has 2 atom stereocenters. The summed E-state index contributed by atoms with van der Waals surface area (Å²) >= 11 is 1.49. The van der Waals surface area contributed by atoms with Crippen LogP contribution in [0, 0.1) is 0 Å². The van der Waals surface area contributed by atoms with E-state index in [1.807, 2.05) is 35.2 Å². The number of nitrogens with zero attached hydrogens (tertiary/aromatic N) is 3. The number of carbonyl (C=O) groups is 1. The standard InChI is InChI=1S/C23H26N4O3S2/c28-22(27-12-10-26(11-13-27)14-17-4-2-1-3-5-17)18-6-8-19(9-7-18)24-23-25-20-15-32(29,30)16-21(20)31-23/h1-9,20-21H,10-16H2,(H,24,25)/t20-,21-/m1/s1. The Bertz CT molecular complexity index is 1110. The van der Waals surface area contributed by atoms with E-state index in [1.54, 1.807) is 0 Å². The average Bonchev–Trinajstić information content (AvgIpc) is 3.27. The molecule has 2 saturated heterocycles. The molecule has 3 aliphatic rings. The van der Waals surface area contributed by atoms with E-state index in [4.69, 9.17) is 0 Å². The first-order chi connectivity index (χ1) is 15.4. The molecule has 0 aliphatic carbocycles. The zero-order valence-electron chi connectivity index (χ0n) is 17.7. The Morgan fingerprint density at radius 1 is 1.00 bits per heavy atom. The molecule has 2 fully saturated rings. The van der Waals surface area contributed by atoms with Crippen LogP contribution in [0.25, 0.3) is 0 Å². The lowest BCUT2D eigenvalue weighted by molar-refractivity contribution is 0.0628. The molecule has 168 valence electrons. The molecular formula is C23H26N4O3S2. The van der Waals surface area contributed by atoms with Gasteiger partial charge in [-0.2, -0.15) is 0 Å². The van der Waals surface area contributed by atoms with Crippen LogP contribution >= 0.6 is 11.8 Å². The van der Waals surface area contributed by atoms with Gasteiger partial charge in [0.25, 0.3) is 5.91 Å². The van der Waals surface area contributed by atoms with Gasteiger partial charge in [0.15, 0.2) is 15.0 Å². The second-order valence-electron chi connectivity index (χ2n) is 8.49. The van der Waals surface area contributed by atoms with Crippen LogP contribution in [0.4, 0.5) is 5.69 Å². The summed E-state index contributed by atoms with van der Waals surface area (Å²) in [6, 6.07) is 17.7. The Morgan fingerprint density at radius 2 is 1.72 bits per heavy atom. The molecule has 3 heterocycles. The SMILES string of the molecule is O=C(c1ccc(NC2=N[C@@H]3CS(=O)(=O)C[C@H]3S2)cc1)N1CCN(Cc2ccccc2)CC1. The minimum atomic E-state index is -2.95. The molecule has 32 heavy (non-hydrogen) atoms. The lowest BCUT2D eigenvalue weighted by atomic mass is 10.1. The fraction of sp³-hybridized carbons (Fsp3) is 0.391. The van der Waals surface area contributed by atoms with Crippen molar-refractivity contribution in [2.45, 2.75) is 17.8 Å². The first kappa shape index (κ1) is 21.5. The number of hydrogen-bond donors (Lipinski definition) is 1. The van der Waals surface area contributed by atoms with Gasteiger partial charge in [0, 0.05) is 49.2 Å². The molecule has 0 radical (unpaired) electrons. The van der Waals surface area contributed by atoms with E-state index >= 15 is 0 Å². The molecular weight excluding hydrogens is 444 g/mol. The molecule has 1 N–H and O–H groups in total. The first-order valence-corrected chi connectivity index (χ1v) is 13.5. The minimum Gasteiger partial charge on any atom is -0.336 e. The summed E-state index contributed by atoms with van der Waals surface area (Å²) in [7, 11) is -2.95. The van der Waals surface area contributed by atoms with Crippen molar-refractivity contribution >= 4 is 38.4 Å². The molecule has 0 aromatic heterocycles. The van der Waals surface area contributed by atoms with Gasteiger partial charge in [-0.1, -0.05) is 42.1 Å². The van der Waals surface area contributed by atoms with Crippen LogP contribution in [0.1, 0.15) is 15.9 Å². The van der Waals surface area contributed by atoms with E-state index in [9.17, 15) is 13.2 Å². The van der Waals surface area contributed by atoms with Crippen molar-refractivity contribution in [2.24, 2.45) is 4.99 Å². The maximum atomic E-state index is 12.9. The summed E-state index contributed by atoms with van der Waals surface area (Å²) in [6.07, 6.45) is 0. The summed E-state index contributed by atoms with van der Waals surface area (Å²) < 4.78 is 23.4. The van der Waals surface area contributed by atoms with Crippen molar-refractivity contribution in [3.63, 3.8) is 0 Å². The highest BCUT2D eigenvalue weighted by Gasteiger charge is 2.42. The average molecular weight is 471 g/mol. The van der Waals surface area contributed by atoms with E-state index in [2.05, 4.69) is 39.5 Å². The van der Waals surface area contributed by atoms with Crippen molar-refractivity contribution in [3.8, 4) is 0 Å². The summed E-state index contributed by atoms with van der Waals surface area (Å²) in [6.45, 7) is 4.11. The fourth-order valence-electron chi connectivity index (χ4n) is 4.37. The highest BCUT2D eigenvalue weighted by Crippen LogP contribution is 2.34. The van der Waals surface area contributed by atoms with E-state index in [0.29, 0.717) is 5.56 Å². The molecule has 0 saturated carbocycles. The third-order valence-corrected chi connectivity index (χ3v) is 9.25. The molecule has 3 aliphatic heterocycles. The molecule has 2 aromatic carbocycles. The Labute approximate surface area is 192 Å². The van der Waals surface area contributed by atoms with E-state index in [-0.39, 0.29) is 28.7 Å². The van der Waals surface area contributed by atoms with Crippen molar-refractivity contribution in [3.05, 3.63) is 65.7 Å². The van der Waals surface area contributed by atoms with E-state index in [0.717, 1.165) is 43.6 Å². The summed E-state index contributed by atoms with van der Waals surface area (Å²) in [5.41, 5.74) is 2.82. The molecule has 0 unspecified atom stereocenters. The van der Waals surface area contributed by atoms with Crippen molar-refractivity contribution in [1.29, 1.82) is 0 Å². The van der Waals surface area contributed by atoms with E-state index in [1.165, 1.54) is 17.3 Å². The van der Waals surface area contributed by atoms with Gasteiger partial charge in [0.1, 0.15) is 0 Å². The van der Waals surface area contributed by atoms with E-state index < -0.39 is 9.84 Å². The number of rotatable bonds is 4. The van der Waals surface area contributed by atoms with Crippen LogP contribution in [0.3, 0.4) is 0 Å². The van der Waals surface area contributed by atoms with Crippen molar-refractivity contribution in [2.75, 3.05) is 43.0 Å². The van der Waals surface area contributed by atoms with Gasteiger partial charge in [0.2, 0.25) is 0 Å². The molecule has 2 aromatic rings. The van der Waals surface area contributed by atoms with Gasteiger partial charge >= 0.3 is 0 Å². The third-order valence-electron chi connectivity index (χ3n) is 6.11. The predicted octanol–water partition coefficient (Wildman–Crippen LogP) is 2.32. The number of carbonyl (C=O) groups excluding carboxylic acids is 1. The lowest BCUT2D eigenvalue weighted by Crippen LogP contribution is -2.48. The summed E-state index contributed by atoms with van der Waals surface area (Å²) in [5.74, 6) is 0.397. The fourth-order valence-corrected chi connectivity index (χ4v) is 8.04. The maximum Gasteiger partial charge on any atom is 0.253 e. The Kier molecular flexibility index (Phi) is 5.96. The van der Waals surface area contributed by atoms with Crippen LogP contribution in [0.2, 0.25) is 0 Å². The Balaban J connectivity index is 1.13. The zero-order chi connectivity index (χ0) is 22.1. The van der Waals surface area contributed by atoms with Gasteiger partial charge in [0.05, 0.1) is 17.5 Å². The minimum absolute atomic E-state index is 0.0175. The molecule has 0 spiro atoms. The highest BCUT2D eigenvalue weighted by molar-refractivity contribution is 8.15. The number of benzene rings is 2. The van der Waals surface area contributed by atoms with Gasteiger partial charge in [-0.05, 0) is 29.8 Å². The Morgan fingerprint density at radius 3 is 2.41 bits per heavy atom. The third kappa shape index (κ3) is 4.84. The van der Waals surface area contributed by atoms with Crippen molar-refractivity contribution in [1.82, 2.24) is 9.80 Å². The number of nitrogens with one attached hydrogen (secondary N) is 1. The summed E-state index contributed by atoms with van der Waals surface area (Å²) in [5, 5.41) is 4.03. The normalized spacial score (nSPS) is 24.8. The van der Waals surface area contributed by atoms with Crippen molar-refractivity contribution < 1.29 is 13.2 Å². The van der Waals surface area contributed by atoms with Gasteiger partial charge in [-0.3, -0.25) is 14.7 Å². The number of piperazine rings is 1. The molecule has 9 heteroatoms. The molecule has 5 rings (SSSR count). The number of thioether (sulfide) groups is 1. The molecule has 7 nitrogen and oxygen atoms in total. The van der Waals surface area contributed by atoms with Crippen LogP contribution < -0.4 is 5.32 Å². The van der Waals surface area contributed by atoms with Crippen LogP contribution in [-0.4, -0.2) is 78.3 Å². The zero-order valence-corrected chi connectivity index (χ0v) is 19.3. The molecule has 1 amide bonds. The number of anilines is 1. The van der Waals surface area contributed by atoms with Gasteiger partial charge in [-0.25, -0.2) is 8.42 Å². The highest BCUT2D eigenvalue weighted by atomic mass is 32.2. The smallest absolute Gasteiger partial charge is 0.253 e. The van der Waals surface area contributed by atoms with Crippen LogP contribution in [0.5, 0.6) is 0 Å². The monoisotopic (exact) mass is 470 g/mol. The topological polar surface area (TPSA) is 82.1 Å². The van der Waals surface area contributed by atoms with Crippen LogP contribution in [-0.2, 0) is 16.4 Å². The number of sulfone groups is 1. The van der Waals surface area contributed by atoms with Gasteiger partial charge < -0.3 is 10.2 Å². The predicted molar refractivity (Wildman–Crippen MR) is 129 cm³/mol. The number of fused-ring (bicyclic) bond motifs is 1.